The smallest absolute Gasteiger partial charge is 0.370 e. The third kappa shape index (κ3) is 5.79. The number of anilines is 2. The molecule has 0 bridgehead atoms. The second-order valence-electron chi connectivity index (χ2n) is 8.52. The molecular weight excluding hydrogens is 479 g/mol. The van der Waals surface area contributed by atoms with Crippen molar-refractivity contribution in [3.05, 3.63) is 64.1 Å². The fourth-order valence-corrected chi connectivity index (χ4v) is 4.50. The first-order valence-electron chi connectivity index (χ1n) is 11.2. The number of carbonyl (C=O) groups excluding carboxylic acids is 1. The lowest BCUT2D eigenvalue weighted by Crippen LogP contribution is -2.36. The lowest BCUT2D eigenvalue weighted by Gasteiger charge is -2.34. The minimum atomic E-state index is -4.57. The number of fused-ring (bicyclic) bond motifs is 1. The Morgan fingerprint density at radius 2 is 1.91 bits per heavy atom. The zero-order valence-corrected chi connectivity index (χ0v) is 19.7. The van der Waals surface area contributed by atoms with Gasteiger partial charge in [0.1, 0.15) is 0 Å². The highest BCUT2D eigenvalue weighted by atomic mass is 32.1. The van der Waals surface area contributed by atoms with Crippen LogP contribution in [0.3, 0.4) is 0 Å². The fourth-order valence-electron chi connectivity index (χ4n) is 4.30. The van der Waals surface area contributed by atoms with E-state index in [1.54, 1.807) is 6.07 Å². The van der Waals surface area contributed by atoms with E-state index < -0.39 is 17.6 Å². The van der Waals surface area contributed by atoms with Crippen molar-refractivity contribution in [2.45, 2.75) is 44.3 Å². The van der Waals surface area contributed by atoms with Gasteiger partial charge >= 0.3 is 6.18 Å². The normalized spacial score (nSPS) is 14.5. The fraction of sp³-hybridized carbons (Fsp3) is 0.333. The summed E-state index contributed by atoms with van der Waals surface area (Å²) in [5, 5.41) is 5.32. The number of carbonyl (C=O) groups is 1. The Labute approximate surface area is 204 Å². The molecule has 11 heteroatoms. The van der Waals surface area contributed by atoms with E-state index in [4.69, 9.17) is 12.2 Å². The number of nitrogens with one attached hydrogen (secondary N) is 3. The second kappa shape index (κ2) is 10.0. The molecule has 1 aliphatic carbocycles. The maximum absolute atomic E-state index is 13.0. The van der Waals surface area contributed by atoms with Gasteiger partial charge in [0.25, 0.3) is 11.5 Å². The molecule has 1 aliphatic rings. The average Bonchev–Trinajstić information content (AvgIpc) is 2.83. The highest BCUT2D eigenvalue weighted by Gasteiger charge is 2.31. The number of halogens is 3. The van der Waals surface area contributed by atoms with Gasteiger partial charge in [0.05, 0.1) is 34.2 Å². The third-order valence-electron chi connectivity index (χ3n) is 6.12. The van der Waals surface area contributed by atoms with Crippen molar-refractivity contribution < 1.29 is 18.0 Å². The number of hydrogen-bond acceptors (Lipinski definition) is 5. The number of benzene rings is 2. The van der Waals surface area contributed by atoms with Gasteiger partial charge in [0.2, 0.25) is 0 Å². The third-order valence-corrected chi connectivity index (χ3v) is 6.33. The Morgan fingerprint density at radius 3 is 2.63 bits per heavy atom. The number of nitrogens with zero attached hydrogens (tertiary/aromatic N) is 2. The summed E-state index contributed by atoms with van der Waals surface area (Å²) in [6, 6.07) is 7.93. The molecule has 1 saturated carbocycles. The Hall–Kier alpha value is -3.47. The summed E-state index contributed by atoms with van der Waals surface area (Å²) in [5.41, 5.74) is 0.918. The summed E-state index contributed by atoms with van der Waals surface area (Å²) in [5.74, 6) is -0.772. The molecule has 3 N–H and O–H groups in total. The molecule has 184 valence electrons. The lowest BCUT2D eigenvalue weighted by atomic mass is 9.94. The van der Waals surface area contributed by atoms with E-state index in [1.165, 1.54) is 18.7 Å². The van der Waals surface area contributed by atoms with Crippen LogP contribution in [0.2, 0.25) is 0 Å². The number of aromatic nitrogens is 2. The number of aromatic amines is 1. The van der Waals surface area contributed by atoms with E-state index in [2.05, 4.69) is 25.5 Å². The predicted octanol–water partition coefficient (Wildman–Crippen LogP) is 4.84. The van der Waals surface area contributed by atoms with Crippen LogP contribution in [0.1, 0.15) is 48.0 Å². The van der Waals surface area contributed by atoms with E-state index in [0.717, 1.165) is 49.6 Å². The van der Waals surface area contributed by atoms with Crippen molar-refractivity contribution in [2.75, 3.05) is 17.3 Å². The van der Waals surface area contributed by atoms with Gasteiger partial charge in [-0.1, -0.05) is 25.3 Å². The summed E-state index contributed by atoms with van der Waals surface area (Å²) in [6.45, 7) is 0. The summed E-state index contributed by atoms with van der Waals surface area (Å²) in [7, 11) is 1.97. The van der Waals surface area contributed by atoms with Crippen LogP contribution in [0.4, 0.5) is 24.5 Å². The maximum atomic E-state index is 13.0. The molecule has 0 atom stereocenters. The molecule has 0 spiro atoms. The van der Waals surface area contributed by atoms with Gasteiger partial charge in [-0.25, -0.2) is 4.98 Å². The zero-order valence-electron chi connectivity index (χ0n) is 18.9. The molecule has 0 unspecified atom stereocenters. The van der Waals surface area contributed by atoms with E-state index in [0.29, 0.717) is 22.8 Å². The van der Waals surface area contributed by atoms with Gasteiger partial charge in [0.15, 0.2) is 5.11 Å². The van der Waals surface area contributed by atoms with Gasteiger partial charge in [-0.05, 0) is 55.4 Å². The number of alkyl halides is 3. The van der Waals surface area contributed by atoms with Crippen LogP contribution in [-0.2, 0) is 6.18 Å². The van der Waals surface area contributed by atoms with Crippen LogP contribution in [0.5, 0.6) is 0 Å². The van der Waals surface area contributed by atoms with Crippen molar-refractivity contribution in [3.8, 4) is 0 Å². The Bertz CT molecular complexity index is 1320. The van der Waals surface area contributed by atoms with Crippen molar-refractivity contribution >= 4 is 45.6 Å². The van der Waals surface area contributed by atoms with Crippen LogP contribution >= 0.6 is 12.2 Å². The first-order chi connectivity index (χ1) is 16.6. The van der Waals surface area contributed by atoms with Crippen molar-refractivity contribution in [3.63, 3.8) is 0 Å². The highest BCUT2D eigenvalue weighted by molar-refractivity contribution is 7.80. The van der Waals surface area contributed by atoms with E-state index in [1.807, 2.05) is 13.1 Å². The van der Waals surface area contributed by atoms with Gasteiger partial charge < -0.3 is 15.2 Å². The first kappa shape index (κ1) is 24.6. The van der Waals surface area contributed by atoms with Crippen molar-refractivity contribution in [2.24, 2.45) is 0 Å². The van der Waals surface area contributed by atoms with Crippen LogP contribution < -0.4 is 21.1 Å². The van der Waals surface area contributed by atoms with Crippen LogP contribution in [0.15, 0.2) is 47.4 Å². The molecule has 2 aromatic carbocycles. The molecule has 35 heavy (non-hydrogen) atoms. The van der Waals surface area contributed by atoms with Crippen molar-refractivity contribution in [1.82, 2.24) is 15.3 Å². The number of H-pyrrole nitrogens is 1. The summed E-state index contributed by atoms with van der Waals surface area (Å²) in [6.07, 6.45) is 2.16. The predicted molar refractivity (Wildman–Crippen MR) is 133 cm³/mol. The first-order valence-corrected chi connectivity index (χ1v) is 11.6. The Kier molecular flexibility index (Phi) is 7.06. The summed E-state index contributed by atoms with van der Waals surface area (Å²) >= 11 is 5.30. The van der Waals surface area contributed by atoms with Crippen LogP contribution in [0, 0.1) is 0 Å². The van der Waals surface area contributed by atoms with Crippen molar-refractivity contribution in [1.29, 1.82) is 0 Å². The van der Waals surface area contributed by atoms with Gasteiger partial charge in [0, 0.05) is 18.7 Å². The SMILES string of the molecule is CN(c1cc2ncc(=O)[nH]c2cc1NC(=S)NC(=O)c1cccc(C(F)(F)F)c1)C1CCCCC1. The van der Waals surface area contributed by atoms with Gasteiger partial charge in [-0.15, -0.1) is 0 Å². The second-order valence-corrected chi connectivity index (χ2v) is 8.93. The quantitative estimate of drug-likeness (QED) is 0.442. The number of hydrogen-bond donors (Lipinski definition) is 3. The molecule has 1 aromatic heterocycles. The van der Waals surface area contributed by atoms with E-state index >= 15 is 0 Å². The minimum Gasteiger partial charge on any atom is -0.370 e. The summed E-state index contributed by atoms with van der Waals surface area (Å²) < 4.78 is 39.0. The molecule has 4 rings (SSSR count). The highest BCUT2D eigenvalue weighted by Crippen LogP contribution is 2.34. The maximum Gasteiger partial charge on any atom is 0.416 e. The molecule has 1 heterocycles. The lowest BCUT2D eigenvalue weighted by molar-refractivity contribution is -0.137. The Balaban J connectivity index is 1.60. The topological polar surface area (TPSA) is 90.1 Å². The zero-order chi connectivity index (χ0) is 25.2. The molecule has 0 saturated heterocycles. The molecule has 0 aliphatic heterocycles. The molecular formula is C24H24F3N5O2S. The number of amides is 1. The molecule has 1 fully saturated rings. The Morgan fingerprint density at radius 1 is 1.17 bits per heavy atom. The van der Waals surface area contributed by atoms with Crippen LogP contribution in [0.25, 0.3) is 11.0 Å². The van der Waals surface area contributed by atoms with Gasteiger partial charge in [-0.3, -0.25) is 14.9 Å². The van der Waals surface area contributed by atoms with E-state index in [9.17, 15) is 22.8 Å². The van der Waals surface area contributed by atoms with E-state index in [-0.39, 0.29) is 16.2 Å². The standard InChI is InChI=1S/C24H24F3N5O2S/c1-32(16-8-3-2-4-9-16)20-12-17-18(29-21(33)13-28-17)11-19(20)30-23(35)31-22(34)14-6-5-7-15(10-14)24(25,26)27/h5-7,10-13,16H,2-4,8-9H2,1H3,(H,29,33)(H2,30,31,34,35). The summed E-state index contributed by atoms with van der Waals surface area (Å²) in [4.78, 5) is 33.4. The largest absolute Gasteiger partial charge is 0.416 e. The van der Waals surface area contributed by atoms with Crippen LogP contribution in [-0.4, -0.2) is 34.1 Å². The molecule has 7 nitrogen and oxygen atoms in total. The molecule has 1 amide bonds. The number of thiocarbonyl (C=S) groups is 1. The molecule has 0 radical (unpaired) electrons. The van der Waals surface area contributed by atoms with Gasteiger partial charge in [-0.2, -0.15) is 13.2 Å². The monoisotopic (exact) mass is 503 g/mol. The average molecular weight is 504 g/mol. The number of rotatable bonds is 4. The minimum absolute atomic E-state index is 0.0868. The molecule has 3 aromatic rings.